The number of ether oxygens (including phenoxy) is 1. The topological polar surface area (TPSA) is 58.6 Å². The molecule has 0 spiro atoms. The van der Waals surface area contributed by atoms with Gasteiger partial charge in [-0.05, 0) is 55.0 Å². The number of hydrogen-bond acceptors (Lipinski definition) is 5. The van der Waals surface area contributed by atoms with Crippen molar-refractivity contribution in [1.29, 1.82) is 0 Å². The Kier molecular flexibility index (Phi) is 5.61. The highest BCUT2D eigenvalue weighted by Crippen LogP contribution is 2.33. The van der Waals surface area contributed by atoms with Crippen LogP contribution in [0, 0.1) is 5.92 Å². The number of rotatable bonds is 5. The molecule has 0 saturated heterocycles. The van der Waals surface area contributed by atoms with Gasteiger partial charge in [-0.25, -0.2) is 4.79 Å². The first-order valence-corrected chi connectivity index (χ1v) is 9.65. The molecule has 1 N–H and O–H groups in total. The first-order valence-electron chi connectivity index (χ1n) is 8.77. The van der Waals surface area contributed by atoms with E-state index in [-0.39, 0.29) is 12.5 Å². The number of nitrogens with one attached hydrogen (secondary N) is 1. The van der Waals surface area contributed by atoms with Crippen LogP contribution in [0.2, 0.25) is 0 Å². The maximum Gasteiger partial charge on any atom is 0.339 e. The lowest BCUT2D eigenvalue weighted by Crippen LogP contribution is -2.21. The number of benzene rings is 1. The van der Waals surface area contributed by atoms with Gasteiger partial charge in [-0.15, -0.1) is 11.3 Å². The summed E-state index contributed by atoms with van der Waals surface area (Å²) in [6, 6.07) is 7.48. The van der Waals surface area contributed by atoms with Crippen LogP contribution in [0.15, 0.2) is 29.6 Å². The van der Waals surface area contributed by atoms with Gasteiger partial charge in [0.1, 0.15) is 0 Å². The second-order valence-corrected chi connectivity index (χ2v) is 7.93. The molecule has 1 amide bonds. The van der Waals surface area contributed by atoms with Crippen LogP contribution < -0.4 is 10.2 Å². The minimum absolute atomic E-state index is 0.282. The van der Waals surface area contributed by atoms with Gasteiger partial charge in [-0.1, -0.05) is 6.92 Å². The van der Waals surface area contributed by atoms with Crippen LogP contribution in [0.3, 0.4) is 0 Å². The zero-order chi connectivity index (χ0) is 18.7. The van der Waals surface area contributed by atoms with Crippen molar-refractivity contribution in [3.8, 4) is 0 Å². The Balaban J connectivity index is 1.54. The molecule has 0 radical (unpaired) electrons. The highest BCUT2D eigenvalue weighted by Gasteiger charge is 2.24. The first-order chi connectivity index (χ1) is 12.4. The fourth-order valence-electron chi connectivity index (χ4n) is 3.10. The largest absolute Gasteiger partial charge is 0.452 e. The number of fused-ring (bicyclic) bond motifs is 1. The van der Waals surface area contributed by atoms with E-state index in [1.807, 2.05) is 48.6 Å². The van der Waals surface area contributed by atoms with Crippen LogP contribution in [0.1, 0.15) is 34.1 Å². The Bertz CT molecular complexity index is 796. The van der Waals surface area contributed by atoms with E-state index >= 15 is 0 Å². The van der Waals surface area contributed by atoms with Gasteiger partial charge in [-0.2, -0.15) is 0 Å². The number of anilines is 2. The molecule has 26 heavy (non-hydrogen) atoms. The molecule has 3 rings (SSSR count). The van der Waals surface area contributed by atoms with Crippen LogP contribution >= 0.6 is 11.3 Å². The molecule has 1 aromatic heterocycles. The zero-order valence-corrected chi connectivity index (χ0v) is 16.2. The quantitative estimate of drug-likeness (QED) is 0.813. The summed E-state index contributed by atoms with van der Waals surface area (Å²) in [5, 5.41) is 4.61. The van der Waals surface area contributed by atoms with Crippen molar-refractivity contribution in [2.24, 2.45) is 5.92 Å². The Labute approximate surface area is 158 Å². The van der Waals surface area contributed by atoms with E-state index in [2.05, 4.69) is 12.2 Å². The van der Waals surface area contributed by atoms with Crippen molar-refractivity contribution in [3.63, 3.8) is 0 Å². The highest BCUT2D eigenvalue weighted by atomic mass is 32.1. The van der Waals surface area contributed by atoms with Crippen LogP contribution in [0.25, 0.3) is 0 Å². The second-order valence-electron chi connectivity index (χ2n) is 6.96. The van der Waals surface area contributed by atoms with Crippen LogP contribution in [-0.4, -0.2) is 32.6 Å². The summed E-state index contributed by atoms with van der Waals surface area (Å²) in [6.45, 7) is 1.95. The molecule has 138 valence electrons. The maximum absolute atomic E-state index is 12.3. The normalized spacial score (nSPS) is 15.9. The molecule has 0 unspecified atom stereocenters. The first kappa shape index (κ1) is 18.5. The fourth-order valence-corrected chi connectivity index (χ4v) is 4.33. The Morgan fingerprint density at radius 2 is 2.00 bits per heavy atom. The number of thiophene rings is 1. The lowest BCUT2D eigenvalue weighted by molar-refractivity contribution is -0.119. The van der Waals surface area contributed by atoms with Gasteiger partial charge >= 0.3 is 5.97 Å². The molecule has 0 bridgehead atoms. The Hall–Kier alpha value is -2.34. The van der Waals surface area contributed by atoms with Gasteiger partial charge in [0.05, 0.1) is 5.56 Å². The predicted molar refractivity (Wildman–Crippen MR) is 105 cm³/mol. The summed E-state index contributed by atoms with van der Waals surface area (Å²) in [5.74, 6) is -0.0847. The van der Waals surface area contributed by atoms with Gasteiger partial charge in [0, 0.05) is 35.7 Å². The minimum Gasteiger partial charge on any atom is -0.452 e. The van der Waals surface area contributed by atoms with E-state index in [9.17, 15) is 9.59 Å². The number of nitrogens with zero attached hydrogens (tertiary/aromatic N) is 1. The van der Waals surface area contributed by atoms with E-state index in [4.69, 9.17) is 4.74 Å². The smallest absolute Gasteiger partial charge is 0.339 e. The number of carbonyl (C=O) groups is 2. The molecule has 6 heteroatoms. The summed E-state index contributed by atoms with van der Waals surface area (Å²) in [6.07, 6.45) is 3.03. The predicted octanol–water partition coefficient (Wildman–Crippen LogP) is 3.73. The summed E-state index contributed by atoms with van der Waals surface area (Å²) < 4.78 is 5.22. The third-order valence-electron chi connectivity index (χ3n) is 4.62. The summed E-state index contributed by atoms with van der Waals surface area (Å²) in [4.78, 5) is 27.6. The van der Waals surface area contributed by atoms with E-state index in [1.165, 1.54) is 4.88 Å². The van der Waals surface area contributed by atoms with Crippen molar-refractivity contribution in [2.45, 2.75) is 26.2 Å². The average molecular weight is 372 g/mol. The van der Waals surface area contributed by atoms with Crippen LogP contribution in [0.5, 0.6) is 0 Å². The second kappa shape index (κ2) is 7.91. The van der Waals surface area contributed by atoms with Crippen molar-refractivity contribution in [3.05, 3.63) is 45.6 Å². The summed E-state index contributed by atoms with van der Waals surface area (Å²) in [7, 11) is 3.91. The van der Waals surface area contributed by atoms with Crippen molar-refractivity contribution < 1.29 is 14.3 Å². The van der Waals surface area contributed by atoms with E-state index in [1.54, 1.807) is 11.3 Å². The molecule has 0 aliphatic heterocycles. The van der Waals surface area contributed by atoms with Crippen molar-refractivity contribution in [2.75, 3.05) is 30.9 Å². The summed E-state index contributed by atoms with van der Waals surface area (Å²) in [5.41, 5.74) is 3.46. The molecule has 1 heterocycles. The third-order valence-corrected chi connectivity index (χ3v) is 5.67. The van der Waals surface area contributed by atoms with Gasteiger partial charge in [0.15, 0.2) is 6.61 Å². The van der Waals surface area contributed by atoms with Gasteiger partial charge < -0.3 is 15.0 Å². The monoisotopic (exact) mass is 372 g/mol. The van der Waals surface area contributed by atoms with Gasteiger partial charge in [0.2, 0.25) is 0 Å². The van der Waals surface area contributed by atoms with Crippen LogP contribution in [-0.2, 0) is 22.4 Å². The molecule has 1 aliphatic rings. The molecule has 0 saturated carbocycles. The van der Waals surface area contributed by atoms with Gasteiger partial charge in [0.25, 0.3) is 5.91 Å². The van der Waals surface area contributed by atoms with Crippen LogP contribution in [0.4, 0.5) is 11.4 Å². The fraction of sp³-hybridized carbons (Fsp3) is 0.400. The lowest BCUT2D eigenvalue weighted by atomic mass is 9.88. The Morgan fingerprint density at radius 3 is 2.69 bits per heavy atom. The van der Waals surface area contributed by atoms with Gasteiger partial charge in [-0.3, -0.25) is 4.79 Å². The molecular weight excluding hydrogens is 348 g/mol. The van der Waals surface area contributed by atoms with Crippen molar-refractivity contribution in [1.82, 2.24) is 0 Å². The van der Waals surface area contributed by atoms with E-state index in [0.29, 0.717) is 17.2 Å². The maximum atomic E-state index is 12.3. The van der Waals surface area contributed by atoms with E-state index in [0.717, 1.165) is 30.5 Å². The minimum atomic E-state index is -0.407. The molecule has 1 aliphatic carbocycles. The number of esters is 1. The SMILES string of the molecule is C[C@H]1CCc2c(C(=O)OCC(=O)Nc3ccc(N(C)C)cc3)csc2C1. The molecule has 1 atom stereocenters. The number of carbonyl (C=O) groups excluding carboxylic acids is 2. The molecule has 1 aromatic carbocycles. The molecule has 5 nitrogen and oxygen atoms in total. The highest BCUT2D eigenvalue weighted by molar-refractivity contribution is 7.10. The average Bonchev–Trinajstić information content (AvgIpc) is 3.03. The van der Waals surface area contributed by atoms with E-state index < -0.39 is 5.97 Å². The number of hydrogen-bond donors (Lipinski definition) is 1. The number of amides is 1. The molecular formula is C20H24N2O3S. The molecule has 2 aromatic rings. The third kappa shape index (κ3) is 4.25. The Morgan fingerprint density at radius 1 is 1.27 bits per heavy atom. The standard InChI is InChI=1S/C20H24N2O3S/c1-13-4-9-16-17(12-26-18(16)10-13)20(24)25-11-19(23)21-14-5-7-15(8-6-14)22(2)3/h5-8,12-13H,4,9-11H2,1-3H3,(H,21,23)/t13-/m0/s1. The van der Waals surface area contributed by atoms with Crippen molar-refractivity contribution >= 4 is 34.6 Å². The molecule has 0 fully saturated rings. The zero-order valence-electron chi connectivity index (χ0n) is 15.4. The summed E-state index contributed by atoms with van der Waals surface area (Å²) >= 11 is 1.62. The lowest BCUT2D eigenvalue weighted by Gasteiger charge is -2.18.